The van der Waals surface area contributed by atoms with Gasteiger partial charge in [0.2, 0.25) is 0 Å². The fourth-order valence-corrected chi connectivity index (χ4v) is 3.02. The van der Waals surface area contributed by atoms with Gasteiger partial charge in [-0.15, -0.1) is 0 Å². The van der Waals surface area contributed by atoms with Gasteiger partial charge in [-0.1, -0.05) is 26.0 Å². The van der Waals surface area contributed by atoms with E-state index in [4.69, 9.17) is 4.74 Å². The van der Waals surface area contributed by atoms with Crippen molar-refractivity contribution in [1.82, 2.24) is 0 Å². The molecule has 0 amide bonds. The molecule has 0 bridgehead atoms. The summed E-state index contributed by atoms with van der Waals surface area (Å²) in [6.07, 6.45) is 1.76. The number of benzene rings is 1. The van der Waals surface area contributed by atoms with Gasteiger partial charge in [0.1, 0.15) is 0 Å². The molecule has 1 aromatic carbocycles. The zero-order valence-corrected chi connectivity index (χ0v) is 11.9. The van der Waals surface area contributed by atoms with E-state index in [1.165, 1.54) is 5.56 Å². The van der Waals surface area contributed by atoms with Gasteiger partial charge in [0.25, 0.3) is 0 Å². The Balaban J connectivity index is 2.07. The number of ether oxygens (including phenoxy) is 1. The largest absolute Gasteiger partial charge is 0.370 e. The van der Waals surface area contributed by atoms with Crippen molar-refractivity contribution in [2.75, 3.05) is 5.75 Å². The van der Waals surface area contributed by atoms with E-state index in [0.717, 1.165) is 6.42 Å². The van der Waals surface area contributed by atoms with E-state index in [1.807, 2.05) is 12.1 Å². The summed E-state index contributed by atoms with van der Waals surface area (Å²) in [4.78, 5) is 0.414. The molecule has 18 heavy (non-hydrogen) atoms. The smallest absolute Gasteiger partial charge is 0.178 e. The van der Waals surface area contributed by atoms with Crippen LogP contribution in [0.1, 0.15) is 38.7 Å². The summed E-state index contributed by atoms with van der Waals surface area (Å²) in [7, 11) is -3.08. The maximum absolute atomic E-state index is 11.7. The predicted octanol–water partition coefficient (Wildman–Crippen LogP) is 2.76. The van der Waals surface area contributed by atoms with Crippen LogP contribution in [-0.4, -0.2) is 26.4 Å². The lowest BCUT2D eigenvalue weighted by molar-refractivity contribution is 0.362. The summed E-state index contributed by atoms with van der Waals surface area (Å²) < 4.78 is 28.8. The van der Waals surface area contributed by atoms with Crippen molar-refractivity contribution in [3.63, 3.8) is 0 Å². The Morgan fingerprint density at radius 3 is 2.28 bits per heavy atom. The van der Waals surface area contributed by atoms with Crippen molar-refractivity contribution in [3.05, 3.63) is 29.8 Å². The average molecular weight is 268 g/mol. The van der Waals surface area contributed by atoms with Gasteiger partial charge in [-0.2, -0.15) is 0 Å². The van der Waals surface area contributed by atoms with Crippen molar-refractivity contribution < 1.29 is 13.2 Å². The highest BCUT2D eigenvalue weighted by Crippen LogP contribution is 2.32. The molecule has 3 atom stereocenters. The lowest BCUT2D eigenvalue weighted by Crippen LogP contribution is -2.04. The Labute approximate surface area is 109 Å². The molecule has 1 heterocycles. The number of epoxide rings is 1. The Morgan fingerprint density at radius 2 is 1.83 bits per heavy atom. The van der Waals surface area contributed by atoms with E-state index in [2.05, 4.69) is 13.8 Å². The molecule has 3 nitrogen and oxygen atoms in total. The first-order chi connectivity index (χ1) is 8.44. The van der Waals surface area contributed by atoms with Gasteiger partial charge >= 0.3 is 0 Å². The Bertz CT molecular complexity index is 504. The van der Waals surface area contributed by atoms with Crippen molar-refractivity contribution in [1.29, 1.82) is 0 Å². The molecule has 3 unspecified atom stereocenters. The molecule has 0 saturated carbocycles. The van der Waals surface area contributed by atoms with Crippen LogP contribution in [-0.2, 0) is 14.6 Å². The summed E-state index contributed by atoms with van der Waals surface area (Å²) in [5.41, 5.74) is 1.17. The molecule has 4 heteroatoms. The number of hydrogen-bond donors (Lipinski definition) is 0. The summed E-state index contributed by atoms with van der Waals surface area (Å²) in [5, 5.41) is 0. The monoisotopic (exact) mass is 268 g/mol. The van der Waals surface area contributed by atoms with Crippen LogP contribution in [0.4, 0.5) is 0 Å². The van der Waals surface area contributed by atoms with E-state index >= 15 is 0 Å². The Kier molecular flexibility index (Phi) is 3.78. The van der Waals surface area contributed by atoms with Crippen LogP contribution in [0.5, 0.6) is 0 Å². The van der Waals surface area contributed by atoms with Gasteiger partial charge in [0.05, 0.1) is 22.9 Å². The van der Waals surface area contributed by atoms with E-state index in [1.54, 1.807) is 19.1 Å². The van der Waals surface area contributed by atoms with Gasteiger partial charge in [0, 0.05) is 0 Å². The molecule has 1 aromatic rings. The first kappa shape index (κ1) is 13.6. The van der Waals surface area contributed by atoms with E-state index < -0.39 is 9.84 Å². The fraction of sp³-hybridized carbons (Fsp3) is 0.571. The summed E-state index contributed by atoms with van der Waals surface area (Å²) in [5.74, 6) is 0.549. The van der Waals surface area contributed by atoms with Crippen molar-refractivity contribution in [2.45, 2.75) is 50.2 Å². The molecule has 0 N–H and O–H groups in total. The Morgan fingerprint density at radius 1 is 1.28 bits per heavy atom. The van der Waals surface area contributed by atoms with Crippen molar-refractivity contribution in [3.8, 4) is 0 Å². The Hall–Kier alpha value is -0.870. The summed E-state index contributed by atoms with van der Waals surface area (Å²) >= 11 is 0. The minimum atomic E-state index is -3.08. The molecule has 1 aliphatic heterocycles. The van der Waals surface area contributed by atoms with Gasteiger partial charge in [-0.25, -0.2) is 8.42 Å². The minimum Gasteiger partial charge on any atom is -0.370 e. The minimum absolute atomic E-state index is 0.148. The lowest BCUT2D eigenvalue weighted by Gasteiger charge is -2.11. The zero-order chi connectivity index (χ0) is 13.3. The van der Waals surface area contributed by atoms with Gasteiger partial charge in [-0.3, -0.25) is 0 Å². The van der Waals surface area contributed by atoms with Crippen molar-refractivity contribution in [2.24, 2.45) is 0 Å². The quantitative estimate of drug-likeness (QED) is 0.771. The van der Waals surface area contributed by atoms with E-state index in [0.29, 0.717) is 23.0 Å². The number of rotatable bonds is 5. The maximum atomic E-state index is 11.7. The highest BCUT2D eigenvalue weighted by molar-refractivity contribution is 7.91. The number of sulfone groups is 1. The lowest BCUT2D eigenvalue weighted by atomic mass is 9.96. The highest BCUT2D eigenvalue weighted by atomic mass is 32.2. The number of hydrogen-bond acceptors (Lipinski definition) is 3. The van der Waals surface area contributed by atoms with Gasteiger partial charge in [0.15, 0.2) is 9.84 Å². The second-order valence-corrected chi connectivity index (χ2v) is 7.27. The van der Waals surface area contributed by atoms with Crippen LogP contribution in [0.3, 0.4) is 0 Å². The molecular weight excluding hydrogens is 248 g/mol. The van der Waals surface area contributed by atoms with E-state index in [-0.39, 0.29) is 5.75 Å². The highest BCUT2D eigenvalue weighted by Gasteiger charge is 2.35. The fourth-order valence-electron chi connectivity index (χ4n) is 2.13. The summed E-state index contributed by atoms with van der Waals surface area (Å²) in [6.45, 7) is 5.89. The third-order valence-corrected chi connectivity index (χ3v) is 5.36. The van der Waals surface area contributed by atoms with Crippen LogP contribution in [0.15, 0.2) is 29.2 Å². The van der Waals surface area contributed by atoms with Gasteiger partial charge in [-0.05, 0) is 37.0 Å². The van der Waals surface area contributed by atoms with Crippen LogP contribution >= 0.6 is 0 Å². The zero-order valence-electron chi connectivity index (χ0n) is 11.1. The molecule has 0 radical (unpaired) electrons. The van der Waals surface area contributed by atoms with Crippen LogP contribution < -0.4 is 0 Å². The van der Waals surface area contributed by atoms with E-state index in [9.17, 15) is 8.42 Å². The average Bonchev–Trinajstić information content (AvgIpc) is 3.05. The molecule has 0 spiro atoms. The molecule has 1 fully saturated rings. The first-order valence-corrected chi connectivity index (χ1v) is 8.07. The second-order valence-electron chi connectivity index (χ2n) is 4.99. The van der Waals surface area contributed by atoms with Crippen LogP contribution in [0, 0.1) is 0 Å². The first-order valence-electron chi connectivity index (χ1n) is 6.42. The SMILES string of the molecule is CCS(=O)(=O)c1ccc(C(C)CC2OC2C)cc1. The van der Waals surface area contributed by atoms with Crippen LogP contribution in [0.2, 0.25) is 0 Å². The standard InChI is InChI=1S/C14H20O3S/c1-4-18(15,16)13-7-5-12(6-8-13)10(2)9-14-11(3)17-14/h5-8,10-11,14H,4,9H2,1-3H3. The molecule has 0 aliphatic carbocycles. The van der Waals surface area contributed by atoms with Crippen molar-refractivity contribution >= 4 is 9.84 Å². The predicted molar refractivity (Wildman–Crippen MR) is 71.5 cm³/mol. The molecular formula is C14H20O3S. The third kappa shape index (κ3) is 2.93. The molecule has 0 aromatic heterocycles. The normalized spacial score (nSPS) is 24.8. The maximum Gasteiger partial charge on any atom is 0.178 e. The molecule has 100 valence electrons. The van der Waals surface area contributed by atoms with Gasteiger partial charge < -0.3 is 4.74 Å². The third-order valence-electron chi connectivity index (χ3n) is 3.61. The topological polar surface area (TPSA) is 46.7 Å². The molecule has 1 aliphatic rings. The second kappa shape index (κ2) is 5.02. The van der Waals surface area contributed by atoms with Crippen LogP contribution in [0.25, 0.3) is 0 Å². The summed E-state index contributed by atoms with van der Waals surface area (Å²) in [6, 6.07) is 7.25. The molecule has 1 saturated heterocycles. The molecule has 2 rings (SSSR count).